The summed E-state index contributed by atoms with van der Waals surface area (Å²) in [4.78, 5) is 12.0. The summed E-state index contributed by atoms with van der Waals surface area (Å²) in [5.41, 5.74) is 2.12. The van der Waals surface area contributed by atoms with Crippen molar-refractivity contribution in [1.82, 2.24) is 5.32 Å². The highest BCUT2D eigenvalue weighted by Crippen LogP contribution is 2.20. The zero-order valence-corrected chi connectivity index (χ0v) is 14.3. The Morgan fingerprint density at radius 1 is 1.13 bits per heavy atom. The van der Waals surface area contributed by atoms with E-state index in [1.54, 1.807) is 0 Å². The van der Waals surface area contributed by atoms with Crippen molar-refractivity contribution in [2.75, 3.05) is 11.9 Å². The maximum Gasteiger partial charge on any atom is 0.238 e. The van der Waals surface area contributed by atoms with Gasteiger partial charge in [0.1, 0.15) is 11.5 Å². The molecule has 0 radical (unpaired) electrons. The third-order valence-electron chi connectivity index (χ3n) is 4.13. The van der Waals surface area contributed by atoms with Crippen LogP contribution in [0.4, 0.5) is 5.69 Å². The molecule has 0 spiro atoms. The van der Waals surface area contributed by atoms with E-state index in [-0.39, 0.29) is 18.5 Å². The first-order valence-corrected chi connectivity index (χ1v) is 8.19. The lowest BCUT2D eigenvalue weighted by Crippen LogP contribution is -2.29. The van der Waals surface area contributed by atoms with E-state index in [1.807, 2.05) is 38.1 Å². The van der Waals surface area contributed by atoms with Crippen molar-refractivity contribution in [3.8, 4) is 0 Å². The van der Waals surface area contributed by atoms with Crippen molar-refractivity contribution in [1.29, 1.82) is 0 Å². The number of nitrogens with one attached hydrogen (secondary N) is 2. The lowest BCUT2D eigenvalue weighted by Gasteiger charge is -2.13. The van der Waals surface area contributed by atoms with E-state index in [0.717, 1.165) is 23.6 Å². The summed E-state index contributed by atoms with van der Waals surface area (Å²) in [5.74, 6) is 2.20. The van der Waals surface area contributed by atoms with Gasteiger partial charge in [0, 0.05) is 5.69 Å². The van der Waals surface area contributed by atoms with Gasteiger partial charge in [-0.2, -0.15) is 0 Å². The Balaban J connectivity index is 1.82. The first-order chi connectivity index (χ1) is 11.0. The fourth-order valence-electron chi connectivity index (χ4n) is 2.37. The van der Waals surface area contributed by atoms with E-state index >= 15 is 0 Å². The Labute approximate surface area is 138 Å². The van der Waals surface area contributed by atoms with Crippen LogP contribution in [0.3, 0.4) is 0 Å². The number of aryl methyl sites for hydroxylation is 1. The normalized spacial score (nSPS) is 13.6. The van der Waals surface area contributed by atoms with E-state index in [1.165, 1.54) is 5.56 Å². The lowest BCUT2D eigenvalue weighted by atomic mass is 9.99. The number of benzene rings is 1. The van der Waals surface area contributed by atoms with Crippen molar-refractivity contribution in [2.45, 2.75) is 46.1 Å². The van der Waals surface area contributed by atoms with Crippen molar-refractivity contribution >= 4 is 11.6 Å². The van der Waals surface area contributed by atoms with Crippen LogP contribution in [0.5, 0.6) is 0 Å². The Morgan fingerprint density at radius 2 is 1.83 bits per heavy atom. The van der Waals surface area contributed by atoms with E-state index in [0.29, 0.717) is 5.92 Å². The van der Waals surface area contributed by atoms with Crippen LogP contribution in [0, 0.1) is 6.92 Å². The molecule has 0 aliphatic rings. The molecule has 124 valence electrons. The Hall–Kier alpha value is -2.07. The second-order valence-corrected chi connectivity index (χ2v) is 6.03. The lowest BCUT2D eigenvalue weighted by molar-refractivity contribution is -0.115. The molecule has 1 heterocycles. The van der Waals surface area contributed by atoms with Crippen molar-refractivity contribution in [3.05, 3.63) is 53.5 Å². The molecule has 4 heteroatoms. The smallest absolute Gasteiger partial charge is 0.238 e. The molecule has 4 nitrogen and oxygen atoms in total. The summed E-state index contributed by atoms with van der Waals surface area (Å²) >= 11 is 0. The maximum absolute atomic E-state index is 12.0. The number of carbonyl (C=O) groups is 1. The predicted molar refractivity (Wildman–Crippen MR) is 93.6 cm³/mol. The van der Waals surface area contributed by atoms with Crippen LogP contribution in [0.1, 0.15) is 56.2 Å². The number of anilines is 1. The second kappa shape index (κ2) is 7.97. The predicted octanol–water partition coefficient (Wildman–Crippen LogP) is 4.39. The molecule has 0 bridgehead atoms. The Bertz CT molecular complexity index is 631. The molecule has 2 atom stereocenters. The third-order valence-corrected chi connectivity index (χ3v) is 4.13. The molecular weight excluding hydrogens is 288 g/mol. The van der Waals surface area contributed by atoms with E-state index in [9.17, 15) is 4.79 Å². The highest BCUT2D eigenvalue weighted by atomic mass is 16.3. The summed E-state index contributed by atoms with van der Waals surface area (Å²) in [6, 6.07) is 11.9. The van der Waals surface area contributed by atoms with Gasteiger partial charge in [0.15, 0.2) is 0 Å². The standard InChI is InChI=1S/C19H26N2O2/c1-5-13(2)16-7-9-17(10-8-16)21-19(22)12-20-15(4)18-11-6-14(3)23-18/h6-11,13,15,20H,5,12H2,1-4H3,(H,21,22). The SMILES string of the molecule is CCC(C)c1ccc(NC(=O)CNC(C)c2ccc(C)o2)cc1. The number of hydrogen-bond acceptors (Lipinski definition) is 3. The van der Waals surface area contributed by atoms with Gasteiger partial charge in [-0.05, 0) is 56.0 Å². The molecule has 0 fully saturated rings. The number of carbonyl (C=O) groups excluding carboxylic acids is 1. The molecule has 1 amide bonds. The molecule has 1 aromatic heterocycles. The molecular formula is C19H26N2O2. The molecule has 2 aromatic rings. The second-order valence-electron chi connectivity index (χ2n) is 6.03. The van der Waals surface area contributed by atoms with Gasteiger partial charge in [-0.3, -0.25) is 10.1 Å². The minimum atomic E-state index is -0.0589. The molecule has 0 aliphatic heterocycles. The molecule has 0 saturated carbocycles. The van der Waals surface area contributed by atoms with Crippen LogP contribution < -0.4 is 10.6 Å². The number of hydrogen-bond donors (Lipinski definition) is 2. The van der Waals surface area contributed by atoms with Gasteiger partial charge >= 0.3 is 0 Å². The molecule has 2 N–H and O–H groups in total. The van der Waals surface area contributed by atoms with Gasteiger partial charge in [-0.25, -0.2) is 0 Å². The van der Waals surface area contributed by atoms with Crippen LogP contribution in [0.2, 0.25) is 0 Å². The topological polar surface area (TPSA) is 54.3 Å². The van der Waals surface area contributed by atoms with E-state index in [2.05, 4.69) is 36.6 Å². The molecule has 2 unspecified atom stereocenters. The summed E-state index contributed by atoms with van der Waals surface area (Å²) in [6.07, 6.45) is 1.11. The first kappa shape index (κ1) is 17.3. The Morgan fingerprint density at radius 3 is 2.39 bits per heavy atom. The van der Waals surface area contributed by atoms with E-state index in [4.69, 9.17) is 4.42 Å². The van der Waals surface area contributed by atoms with Crippen LogP contribution in [0.25, 0.3) is 0 Å². The number of furan rings is 1. The van der Waals surface area contributed by atoms with Crippen molar-refractivity contribution in [3.63, 3.8) is 0 Å². The van der Waals surface area contributed by atoms with Gasteiger partial charge in [-0.15, -0.1) is 0 Å². The van der Waals surface area contributed by atoms with Gasteiger partial charge < -0.3 is 9.73 Å². The van der Waals surface area contributed by atoms with Gasteiger partial charge in [0.05, 0.1) is 12.6 Å². The Kier molecular flexibility index (Phi) is 5.99. The average molecular weight is 314 g/mol. The molecule has 2 rings (SSSR count). The van der Waals surface area contributed by atoms with Crippen LogP contribution >= 0.6 is 0 Å². The third kappa shape index (κ3) is 4.96. The van der Waals surface area contributed by atoms with Crippen molar-refractivity contribution < 1.29 is 9.21 Å². The van der Waals surface area contributed by atoms with Gasteiger partial charge in [0.25, 0.3) is 0 Å². The largest absolute Gasteiger partial charge is 0.465 e. The van der Waals surface area contributed by atoms with Gasteiger partial charge in [-0.1, -0.05) is 26.0 Å². The summed E-state index contributed by atoms with van der Waals surface area (Å²) in [5, 5.41) is 6.07. The highest BCUT2D eigenvalue weighted by Gasteiger charge is 2.11. The van der Waals surface area contributed by atoms with Crippen molar-refractivity contribution in [2.24, 2.45) is 0 Å². The van der Waals surface area contributed by atoms with Gasteiger partial charge in [0.2, 0.25) is 5.91 Å². The number of amides is 1. The van der Waals surface area contributed by atoms with Crippen LogP contribution in [-0.2, 0) is 4.79 Å². The van der Waals surface area contributed by atoms with Crippen LogP contribution in [-0.4, -0.2) is 12.5 Å². The zero-order valence-electron chi connectivity index (χ0n) is 14.3. The summed E-state index contributed by atoms with van der Waals surface area (Å²) in [7, 11) is 0. The average Bonchev–Trinajstić information content (AvgIpc) is 2.99. The minimum Gasteiger partial charge on any atom is -0.465 e. The number of rotatable bonds is 7. The van der Waals surface area contributed by atoms with Crippen LogP contribution in [0.15, 0.2) is 40.8 Å². The monoisotopic (exact) mass is 314 g/mol. The highest BCUT2D eigenvalue weighted by molar-refractivity contribution is 5.92. The fourth-order valence-corrected chi connectivity index (χ4v) is 2.37. The molecule has 23 heavy (non-hydrogen) atoms. The summed E-state index contributed by atoms with van der Waals surface area (Å²) in [6.45, 7) is 8.51. The molecule has 0 saturated heterocycles. The maximum atomic E-state index is 12.0. The fraction of sp³-hybridized carbons (Fsp3) is 0.421. The van der Waals surface area contributed by atoms with E-state index < -0.39 is 0 Å². The quantitative estimate of drug-likeness (QED) is 0.797. The first-order valence-electron chi connectivity index (χ1n) is 8.19. The molecule has 0 aliphatic carbocycles. The summed E-state index contributed by atoms with van der Waals surface area (Å²) < 4.78 is 5.55. The minimum absolute atomic E-state index is 0.00206. The zero-order chi connectivity index (χ0) is 16.8. The molecule has 1 aromatic carbocycles.